The van der Waals surface area contributed by atoms with E-state index >= 15 is 0 Å². The molecular weight excluding hydrogens is 328 g/mol. The highest BCUT2D eigenvalue weighted by Gasteiger charge is 2.18. The van der Waals surface area contributed by atoms with Gasteiger partial charge in [-0.25, -0.2) is 0 Å². The third kappa shape index (κ3) is 3.40. The van der Waals surface area contributed by atoms with E-state index in [0.29, 0.717) is 11.3 Å². The van der Waals surface area contributed by atoms with E-state index in [1.165, 1.54) is 11.3 Å². The average Bonchev–Trinajstić information content (AvgIpc) is 2.85. The average molecular weight is 341 g/mol. The number of aliphatic hydroxyl groups excluding tert-OH is 1. The summed E-state index contributed by atoms with van der Waals surface area (Å²) in [7, 11) is 0. The summed E-state index contributed by atoms with van der Waals surface area (Å²) in [4.78, 5) is 17.1. The molecule has 0 aromatic carbocycles. The van der Waals surface area contributed by atoms with Gasteiger partial charge < -0.3 is 10.4 Å². The number of hydrogen-bond donors (Lipinski definition) is 2. The van der Waals surface area contributed by atoms with Crippen LogP contribution < -0.4 is 5.32 Å². The standard InChI is InChI=1S/C13H13BrN2O2S/c1-8(11-2-3-12(14)19-11)13(18)16-10-6-15-5-4-9(10)7-17/h2-6,8,17H,7H2,1H3,(H,16,18). The van der Waals surface area contributed by atoms with Gasteiger partial charge in [0.15, 0.2) is 0 Å². The molecule has 2 heterocycles. The van der Waals surface area contributed by atoms with Gasteiger partial charge in [0.05, 0.1) is 28.2 Å². The predicted molar refractivity (Wildman–Crippen MR) is 79.2 cm³/mol. The summed E-state index contributed by atoms with van der Waals surface area (Å²) in [6, 6.07) is 5.53. The Kier molecular flexibility index (Phi) is 4.68. The lowest BCUT2D eigenvalue weighted by Crippen LogP contribution is -2.19. The van der Waals surface area contributed by atoms with Crippen molar-refractivity contribution in [2.24, 2.45) is 0 Å². The second-order valence-electron chi connectivity index (χ2n) is 4.04. The van der Waals surface area contributed by atoms with Crippen molar-refractivity contribution in [3.05, 3.63) is 44.8 Å². The van der Waals surface area contributed by atoms with Gasteiger partial charge in [0.1, 0.15) is 0 Å². The van der Waals surface area contributed by atoms with E-state index in [4.69, 9.17) is 0 Å². The molecule has 0 aliphatic carbocycles. The Hall–Kier alpha value is -1.24. The summed E-state index contributed by atoms with van der Waals surface area (Å²) in [5, 5.41) is 12.0. The molecule has 4 nitrogen and oxygen atoms in total. The Bertz CT molecular complexity index is 586. The summed E-state index contributed by atoms with van der Waals surface area (Å²) in [5.41, 5.74) is 1.21. The Morgan fingerprint density at radius 2 is 2.32 bits per heavy atom. The highest BCUT2D eigenvalue weighted by atomic mass is 79.9. The Morgan fingerprint density at radius 1 is 1.53 bits per heavy atom. The topological polar surface area (TPSA) is 62.2 Å². The summed E-state index contributed by atoms with van der Waals surface area (Å²) >= 11 is 4.92. The van der Waals surface area contributed by atoms with Crippen LogP contribution in [-0.4, -0.2) is 16.0 Å². The fourth-order valence-electron chi connectivity index (χ4n) is 1.60. The number of nitrogens with zero attached hydrogens (tertiary/aromatic N) is 1. The number of rotatable bonds is 4. The molecule has 0 fully saturated rings. The molecule has 0 aliphatic rings. The third-order valence-electron chi connectivity index (χ3n) is 2.75. The largest absolute Gasteiger partial charge is 0.392 e. The molecule has 1 unspecified atom stereocenters. The number of nitrogens with one attached hydrogen (secondary N) is 1. The first-order valence-corrected chi connectivity index (χ1v) is 7.32. The molecule has 6 heteroatoms. The third-order valence-corrected chi connectivity index (χ3v) is 4.56. The van der Waals surface area contributed by atoms with Gasteiger partial charge in [0.2, 0.25) is 5.91 Å². The quantitative estimate of drug-likeness (QED) is 0.898. The van der Waals surface area contributed by atoms with Crippen molar-refractivity contribution in [1.82, 2.24) is 4.98 Å². The zero-order chi connectivity index (χ0) is 13.8. The molecule has 0 bridgehead atoms. The molecule has 0 saturated carbocycles. The highest BCUT2D eigenvalue weighted by molar-refractivity contribution is 9.11. The maximum Gasteiger partial charge on any atom is 0.232 e. The SMILES string of the molecule is CC(C(=O)Nc1cnccc1CO)c1ccc(Br)s1. The highest BCUT2D eigenvalue weighted by Crippen LogP contribution is 2.29. The number of thiophene rings is 1. The molecule has 2 rings (SSSR count). The van der Waals surface area contributed by atoms with Crippen LogP contribution in [0.2, 0.25) is 0 Å². The molecule has 2 N–H and O–H groups in total. The smallest absolute Gasteiger partial charge is 0.232 e. The second-order valence-corrected chi connectivity index (χ2v) is 6.54. The molecule has 0 spiro atoms. The molecule has 100 valence electrons. The van der Waals surface area contributed by atoms with E-state index < -0.39 is 0 Å². The lowest BCUT2D eigenvalue weighted by Gasteiger charge is -2.12. The number of aromatic nitrogens is 1. The first-order chi connectivity index (χ1) is 9.11. The normalized spacial score (nSPS) is 12.2. The van der Waals surface area contributed by atoms with Crippen LogP contribution in [0, 0.1) is 0 Å². The Balaban J connectivity index is 2.12. The monoisotopic (exact) mass is 340 g/mol. The molecular formula is C13H13BrN2O2S. The number of halogens is 1. The Labute approximate surface area is 123 Å². The van der Waals surface area contributed by atoms with Crippen molar-refractivity contribution in [3.63, 3.8) is 0 Å². The minimum absolute atomic E-state index is 0.114. The van der Waals surface area contributed by atoms with Crippen molar-refractivity contribution < 1.29 is 9.90 Å². The summed E-state index contributed by atoms with van der Waals surface area (Å²) < 4.78 is 1.000. The van der Waals surface area contributed by atoms with Crippen molar-refractivity contribution in [3.8, 4) is 0 Å². The number of aliphatic hydroxyl groups is 1. The molecule has 2 aromatic rings. The van der Waals surface area contributed by atoms with Gasteiger partial charge in [-0.05, 0) is 41.1 Å². The summed E-state index contributed by atoms with van der Waals surface area (Å²) in [5.74, 6) is -0.361. The predicted octanol–water partition coefficient (Wildman–Crippen LogP) is 3.14. The van der Waals surface area contributed by atoms with Crippen LogP contribution in [0.5, 0.6) is 0 Å². The van der Waals surface area contributed by atoms with Gasteiger partial charge in [-0.3, -0.25) is 9.78 Å². The fraction of sp³-hybridized carbons (Fsp3) is 0.231. The van der Waals surface area contributed by atoms with Crippen LogP contribution in [0.25, 0.3) is 0 Å². The number of anilines is 1. The van der Waals surface area contributed by atoms with Crippen LogP contribution in [0.1, 0.15) is 23.3 Å². The van der Waals surface area contributed by atoms with E-state index in [0.717, 1.165) is 8.66 Å². The minimum atomic E-state index is -0.247. The molecule has 19 heavy (non-hydrogen) atoms. The molecule has 0 radical (unpaired) electrons. The van der Waals surface area contributed by atoms with E-state index in [1.807, 2.05) is 19.1 Å². The second kappa shape index (κ2) is 6.27. The van der Waals surface area contributed by atoms with Crippen LogP contribution in [0.3, 0.4) is 0 Å². The van der Waals surface area contributed by atoms with Crippen molar-refractivity contribution in [2.75, 3.05) is 5.32 Å². The minimum Gasteiger partial charge on any atom is -0.392 e. The van der Waals surface area contributed by atoms with Crippen LogP contribution in [-0.2, 0) is 11.4 Å². The molecule has 1 atom stereocenters. The first kappa shape index (κ1) is 14.2. The number of pyridine rings is 1. The van der Waals surface area contributed by atoms with Crippen molar-refractivity contribution in [1.29, 1.82) is 0 Å². The lowest BCUT2D eigenvalue weighted by molar-refractivity contribution is -0.117. The Morgan fingerprint density at radius 3 is 2.95 bits per heavy atom. The van der Waals surface area contributed by atoms with Gasteiger partial charge >= 0.3 is 0 Å². The molecule has 1 amide bonds. The molecule has 0 saturated heterocycles. The number of hydrogen-bond acceptors (Lipinski definition) is 4. The van der Waals surface area contributed by atoms with Crippen LogP contribution in [0.15, 0.2) is 34.4 Å². The number of amides is 1. The van der Waals surface area contributed by atoms with Crippen molar-refractivity contribution >= 4 is 38.9 Å². The van der Waals surface area contributed by atoms with E-state index in [9.17, 15) is 9.90 Å². The van der Waals surface area contributed by atoms with Gasteiger partial charge in [-0.15, -0.1) is 11.3 Å². The van der Waals surface area contributed by atoms with E-state index in [-0.39, 0.29) is 18.4 Å². The van der Waals surface area contributed by atoms with Gasteiger partial charge in [0, 0.05) is 16.6 Å². The maximum atomic E-state index is 12.2. The lowest BCUT2D eigenvalue weighted by atomic mass is 10.1. The van der Waals surface area contributed by atoms with E-state index in [2.05, 4.69) is 26.2 Å². The van der Waals surface area contributed by atoms with Gasteiger partial charge in [-0.2, -0.15) is 0 Å². The number of carbonyl (C=O) groups excluding carboxylic acids is 1. The summed E-state index contributed by atoms with van der Waals surface area (Å²) in [6.45, 7) is 1.72. The zero-order valence-electron chi connectivity index (χ0n) is 10.3. The molecule has 2 aromatic heterocycles. The number of carbonyl (C=O) groups is 1. The summed E-state index contributed by atoms with van der Waals surface area (Å²) in [6.07, 6.45) is 3.13. The fourth-order valence-corrected chi connectivity index (χ4v) is 3.08. The first-order valence-electron chi connectivity index (χ1n) is 5.71. The molecule has 0 aliphatic heterocycles. The van der Waals surface area contributed by atoms with Crippen LogP contribution in [0.4, 0.5) is 5.69 Å². The van der Waals surface area contributed by atoms with Crippen LogP contribution >= 0.6 is 27.3 Å². The zero-order valence-corrected chi connectivity index (χ0v) is 12.7. The van der Waals surface area contributed by atoms with E-state index in [1.54, 1.807) is 18.5 Å². The van der Waals surface area contributed by atoms with Gasteiger partial charge in [-0.1, -0.05) is 0 Å². The maximum absolute atomic E-state index is 12.2. The van der Waals surface area contributed by atoms with Crippen molar-refractivity contribution in [2.45, 2.75) is 19.4 Å². The van der Waals surface area contributed by atoms with Gasteiger partial charge in [0.25, 0.3) is 0 Å².